The number of aliphatic hydroxyl groups excluding tert-OH is 1. The molecule has 3 rings (SSSR count). The Morgan fingerprint density at radius 2 is 2.05 bits per heavy atom. The average Bonchev–Trinajstić information content (AvgIpc) is 2.70. The molecule has 2 aliphatic carbocycles. The molecule has 0 heterocycles. The van der Waals surface area contributed by atoms with Gasteiger partial charge in [-0.1, -0.05) is 33.8 Å². The van der Waals surface area contributed by atoms with Gasteiger partial charge in [-0.05, 0) is 78.0 Å². The van der Waals surface area contributed by atoms with Crippen LogP contribution in [0.15, 0.2) is 18.2 Å². The highest BCUT2D eigenvalue weighted by atomic mass is 16.3. The van der Waals surface area contributed by atoms with E-state index in [9.17, 15) is 5.11 Å². The molecule has 0 aliphatic heterocycles. The quantitative estimate of drug-likeness (QED) is 0.797. The summed E-state index contributed by atoms with van der Waals surface area (Å²) in [5.41, 5.74) is 10.0. The van der Waals surface area contributed by atoms with Gasteiger partial charge in [0.05, 0.1) is 6.10 Å². The van der Waals surface area contributed by atoms with Crippen molar-refractivity contribution in [2.45, 2.75) is 65.4 Å². The molecule has 2 fully saturated rings. The number of fused-ring (bicyclic) bond motifs is 1. The Labute approximate surface area is 135 Å². The summed E-state index contributed by atoms with van der Waals surface area (Å²) in [5.74, 6) is 2.16. The van der Waals surface area contributed by atoms with Crippen molar-refractivity contribution >= 4 is 5.69 Å². The van der Waals surface area contributed by atoms with Crippen molar-refractivity contribution in [3.63, 3.8) is 0 Å². The standard InChI is InChI=1S/C20H31NO/c1-5-14-11-15(21)6-7-17(14)16-8-9-20(4)12(2)10-18(22)19(20)13(16)3/h6-7,11-13,16,18-19,22H,5,8-10,21H2,1-4H3. The molecular weight excluding hydrogens is 270 g/mol. The van der Waals surface area contributed by atoms with Crippen LogP contribution in [0.25, 0.3) is 0 Å². The molecule has 22 heavy (non-hydrogen) atoms. The van der Waals surface area contributed by atoms with E-state index in [0.29, 0.717) is 29.1 Å². The van der Waals surface area contributed by atoms with Crippen LogP contribution in [0.5, 0.6) is 0 Å². The lowest BCUT2D eigenvalue weighted by Gasteiger charge is -2.48. The lowest BCUT2D eigenvalue weighted by molar-refractivity contribution is -0.00522. The SMILES string of the molecule is CCc1cc(N)ccc1C1CCC2(C)C(C)CC(O)C2C1C. The lowest BCUT2D eigenvalue weighted by Crippen LogP contribution is -2.42. The minimum absolute atomic E-state index is 0.128. The van der Waals surface area contributed by atoms with Crippen molar-refractivity contribution in [3.8, 4) is 0 Å². The molecule has 2 aliphatic rings. The summed E-state index contributed by atoms with van der Waals surface area (Å²) in [4.78, 5) is 0. The number of rotatable bonds is 2. The largest absolute Gasteiger partial charge is 0.399 e. The van der Waals surface area contributed by atoms with E-state index in [1.165, 1.54) is 24.0 Å². The second-order valence-corrected chi connectivity index (χ2v) is 8.05. The van der Waals surface area contributed by atoms with Gasteiger partial charge in [-0.15, -0.1) is 0 Å². The van der Waals surface area contributed by atoms with Gasteiger partial charge in [-0.25, -0.2) is 0 Å². The highest BCUT2D eigenvalue weighted by Gasteiger charge is 2.55. The summed E-state index contributed by atoms with van der Waals surface area (Å²) in [6, 6.07) is 6.43. The van der Waals surface area contributed by atoms with E-state index in [1.807, 2.05) is 6.07 Å². The first-order valence-corrected chi connectivity index (χ1v) is 8.94. The van der Waals surface area contributed by atoms with E-state index >= 15 is 0 Å². The molecule has 0 saturated heterocycles. The molecular formula is C20H31NO. The molecule has 6 unspecified atom stereocenters. The summed E-state index contributed by atoms with van der Waals surface area (Å²) in [6.07, 6.45) is 4.35. The maximum Gasteiger partial charge on any atom is 0.0579 e. The summed E-state index contributed by atoms with van der Waals surface area (Å²) >= 11 is 0. The van der Waals surface area contributed by atoms with Gasteiger partial charge >= 0.3 is 0 Å². The molecule has 6 atom stereocenters. The molecule has 0 amide bonds. The summed E-state index contributed by atoms with van der Waals surface area (Å²) in [5, 5.41) is 10.6. The molecule has 0 spiro atoms. The van der Waals surface area contributed by atoms with E-state index in [0.717, 1.165) is 18.5 Å². The maximum atomic E-state index is 10.6. The van der Waals surface area contributed by atoms with Crippen LogP contribution in [-0.2, 0) is 6.42 Å². The third-order valence-corrected chi connectivity index (χ3v) is 7.04. The van der Waals surface area contributed by atoms with Crippen molar-refractivity contribution in [2.75, 3.05) is 5.73 Å². The summed E-state index contributed by atoms with van der Waals surface area (Å²) < 4.78 is 0. The Balaban J connectivity index is 1.95. The molecule has 0 aromatic heterocycles. The monoisotopic (exact) mass is 301 g/mol. The molecule has 2 saturated carbocycles. The molecule has 0 radical (unpaired) electrons. The molecule has 122 valence electrons. The molecule has 1 aromatic rings. The number of hydrogen-bond donors (Lipinski definition) is 2. The van der Waals surface area contributed by atoms with E-state index in [4.69, 9.17) is 5.73 Å². The topological polar surface area (TPSA) is 46.2 Å². The zero-order valence-electron chi connectivity index (χ0n) is 14.5. The smallest absolute Gasteiger partial charge is 0.0579 e. The van der Waals surface area contributed by atoms with Gasteiger partial charge in [-0.2, -0.15) is 0 Å². The average molecular weight is 301 g/mol. The van der Waals surface area contributed by atoms with E-state index in [1.54, 1.807) is 0 Å². The van der Waals surface area contributed by atoms with Gasteiger partial charge in [0.2, 0.25) is 0 Å². The number of aliphatic hydroxyl groups is 1. The summed E-state index contributed by atoms with van der Waals surface area (Å²) in [7, 11) is 0. The van der Waals surface area contributed by atoms with Crippen LogP contribution in [0, 0.1) is 23.2 Å². The van der Waals surface area contributed by atoms with Gasteiger partial charge in [0.1, 0.15) is 0 Å². The highest BCUT2D eigenvalue weighted by molar-refractivity contribution is 5.46. The number of hydrogen-bond acceptors (Lipinski definition) is 2. The van der Waals surface area contributed by atoms with Crippen molar-refractivity contribution < 1.29 is 5.11 Å². The Morgan fingerprint density at radius 3 is 2.73 bits per heavy atom. The highest BCUT2D eigenvalue weighted by Crippen LogP contribution is 2.60. The van der Waals surface area contributed by atoms with E-state index in [2.05, 4.69) is 39.8 Å². The zero-order valence-corrected chi connectivity index (χ0v) is 14.5. The molecule has 2 nitrogen and oxygen atoms in total. The Hall–Kier alpha value is -1.02. The van der Waals surface area contributed by atoms with Crippen LogP contribution in [0.1, 0.15) is 64.0 Å². The van der Waals surface area contributed by atoms with Gasteiger partial charge < -0.3 is 10.8 Å². The molecule has 3 N–H and O–H groups in total. The van der Waals surface area contributed by atoms with Crippen molar-refractivity contribution in [1.29, 1.82) is 0 Å². The molecule has 0 bridgehead atoms. The van der Waals surface area contributed by atoms with Crippen LogP contribution in [0.4, 0.5) is 5.69 Å². The third-order valence-electron chi connectivity index (χ3n) is 7.04. The minimum Gasteiger partial charge on any atom is -0.399 e. The fourth-order valence-corrected chi connectivity index (χ4v) is 5.62. The number of aryl methyl sites for hydroxylation is 1. The molecule has 2 heteroatoms. The number of benzene rings is 1. The maximum absolute atomic E-state index is 10.6. The normalized spacial score (nSPS) is 41.4. The minimum atomic E-state index is -0.128. The van der Waals surface area contributed by atoms with E-state index in [-0.39, 0.29) is 6.10 Å². The Kier molecular flexibility index (Phi) is 4.01. The van der Waals surface area contributed by atoms with Crippen molar-refractivity contribution in [1.82, 2.24) is 0 Å². The van der Waals surface area contributed by atoms with Gasteiger partial charge in [-0.3, -0.25) is 0 Å². The first kappa shape index (κ1) is 15.9. The zero-order chi connectivity index (χ0) is 16.1. The first-order valence-electron chi connectivity index (χ1n) is 8.94. The van der Waals surface area contributed by atoms with Crippen LogP contribution in [0.3, 0.4) is 0 Å². The first-order chi connectivity index (χ1) is 10.4. The predicted octanol–water partition coefficient (Wildman–Crippen LogP) is 4.37. The van der Waals surface area contributed by atoms with Crippen molar-refractivity contribution in [2.24, 2.45) is 23.2 Å². The second-order valence-electron chi connectivity index (χ2n) is 8.05. The number of nitrogen functional groups attached to an aromatic ring is 1. The lowest BCUT2D eigenvalue weighted by atomic mass is 9.57. The van der Waals surface area contributed by atoms with Crippen LogP contribution < -0.4 is 5.73 Å². The summed E-state index contributed by atoms with van der Waals surface area (Å²) in [6.45, 7) is 9.32. The Morgan fingerprint density at radius 1 is 1.32 bits per heavy atom. The van der Waals surface area contributed by atoms with Crippen LogP contribution >= 0.6 is 0 Å². The van der Waals surface area contributed by atoms with E-state index < -0.39 is 0 Å². The van der Waals surface area contributed by atoms with Gasteiger partial charge in [0, 0.05) is 5.69 Å². The van der Waals surface area contributed by atoms with Gasteiger partial charge in [0.25, 0.3) is 0 Å². The Bertz CT molecular complexity index is 555. The molecule has 1 aromatic carbocycles. The fraction of sp³-hybridized carbons (Fsp3) is 0.700. The second kappa shape index (κ2) is 5.56. The fourth-order valence-electron chi connectivity index (χ4n) is 5.62. The van der Waals surface area contributed by atoms with Gasteiger partial charge in [0.15, 0.2) is 0 Å². The predicted molar refractivity (Wildman–Crippen MR) is 92.8 cm³/mol. The van der Waals surface area contributed by atoms with Crippen molar-refractivity contribution in [3.05, 3.63) is 29.3 Å². The van der Waals surface area contributed by atoms with Crippen LogP contribution in [-0.4, -0.2) is 11.2 Å². The number of anilines is 1. The number of nitrogens with two attached hydrogens (primary N) is 1. The third kappa shape index (κ3) is 2.27. The van der Waals surface area contributed by atoms with Crippen LogP contribution in [0.2, 0.25) is 0 Å².